The van der Waals surface area contributed by atoms with E-state index in [1.807, 2.05) is 0 Å². The zero-order chi connectivity index (χ0) is 15.0. The molecule has 2 fully saturated rings. The fourth-order valence-corrected chi connectivity index (χ4v) is 3.61. The molecule has 0 aliphatic carbocycles. The van der Waals surface area contributed by atoms with Gasteiger partial charge in [0.15, 0.2) is 17.2 Å². The molecule has 0 amide bonds. The third-order valence-corrected chi connectivity index (χ3v) is 4.87. The second-order valence-electron chi connectivity index (χ2n) is 5.91. The van der Waals surface area contributed by atoms with Gasteiger partial charge in [-0.1, -0.05) is 0 Å². The molecular formula is C16H21NO4. The Kier molecular flexibility index (Phi) is 3.53. The number of piperidine rings is 1. The van der Waals surface area contributed by atoms with Gasteiger partial charge in [0.25, 0.3) is 0 Å². The van der Waals surface area contributed by atoms with Crippen molar-refractivity contribution in [3.63, 3.8) is 0 Å². The van der Waals surface area contributed by atoms with Crippen LogP contribution in [0.5, 0.6) is 11.5 Å². The highest BCUT2D eigenvalue weighted by atomic mass is 16.5. The third kappa shape index (κ3) is 2.35. The first kappa shape index (κ1) is 14.2. The smallest absolute Gasteiger partial charge is 0.335 e. The number of methoxy groups -OCH3 is 1. The van der Waals surface area contributed by atoms with Crippen molar-refractivity contribution in [3.8, 4) is 11.5 Å². The maximum Gasteiger partial charge on any atom is 0.335 e. The molecule has 0 radical (unpaired) electrons. The van der Waals surface area contributed by atoms with E-state index in [9.17, 15) is 4.79 Å². The monoisotopic (exact) mass is 291 g/mol. The van der Waals surface area contributed by atoms with Crippen molar-refractivity contribution in [1.82, 2.24) is 4.90 Å². The van der Waals surface area contributed by atoms with Gasteiger partial charge in [0.2, 0.25) is 0 Å². The van der Waals surface area contributed by atoms with Crippen LogP contribution in [0.15, 0.2) is 18.2 Å². The van der Waals surface area contributed by atoms with Crippen LogP contribution in [-0.2, 0) is 0 Å². The van der Waals surface area contributed by atoms with E-state index in [1.54, 1.807) is 12.1 Å². The maximum atomic E-state index is 11.0. The number of hydrogen-bond donors (Lipinski definition) is 1. The number of carbonyl (C=O) groups is 1. The minimum atomic E-state index is -0.964. The molecule has 0 spiro atoms. The minimum absolute atomic E-state index is 0.206. The molecule has 5 nitrogen and oxygen atoms in total. The molecule has 1 aromatic rings. The van der Waals surface area contributed by atoms with Gasteiger partial charge in [0, 0.05) is 18.9 Å². The zero-order valence-corrected chi connectivity index (χ0v) is 12.5. The summed E-state index contributed by atoms with van der Waals surface area (Å²) in [5.74, 6) is 0.136. The van der Waals surface area contributed by atoms with Crippen LogP contribution in [0.4, 0.5) is 0 Å². The number of ether oxygens (including phenoxy) is 2. The topological polar surface area (TPSA) is 59.0 Å². The molecule has 2 heterocycles. The molecule has 2 atom stereocenters. The molecule has 2 aliphatic heterocycles. The second kappa shape index (κ2) is 5.22. The Balaban J connectivity index is 1.89. The summed E-state index contributed by atoms with van der Waals surface area (Å²) in [6, 6.07) is 5.38. The first-order valence-electron chi connectivity index (χ1n) is 7.39. The van der Waals surface area contributed by atoms with Crippen LogP contribution in [0.25, 0.3) is 0 Å². The largest absolute Gasteiger partial charge is 0.493 e. The lowest BCUT2D eigenvalue weighted by molar-refractivity contribution is -0.0833. The summed E-state index contributed by atoms with van der Waals surface area (Å²) in [5, 5.41) is 9.06. The van der Waals surface area contributed by atoms with Crippen molar-refractivity contribution in [3.05, 3.63) is 23.8 Å². The Hall–Kier alpha value is -1.75. The molecule has 0 aromatic heterocycles. The first-order chi connectivity index (χ1) is 10.1. The fourth-order valence-electron chi connectivity index (χ4n) is 3.61. The summed E-state index contributed by atoms with van der Waals surface area (Å²) >= 11 is 0. The number of carboxylic acids is 1. The Bertz CT molecular complexity index is 555. The second-order valence-corrected chi connectivity index (χ2v) is 5.91. The molecular weight excluding hydrogens is 270 g/mol. The molecule has 5 heteroatoms. The summed E-state index contributed by atoms with van der Waals surface area (Å²) in [4.78, 5) is 13.4. The number of aromatic carboxylic acids is 1. The predicted octanol–water partition coefficient (Wildman–Crippen LogP) is 2.75. The van der Waals surface area contributed by atoms with Crippen LogP contribution < -0.4 is 9.47 Å². The van der Waals surface area contributed by atoms with Gasteiger partial charge in [-0.05, 0) is 44.5 Å². The van der Waals surface area contributed by atoms with Crippen LogP contribution in [-0.4, -0.2) is 41.9 Å². The van der Waals surface area contributed by atoms with E-state index < -0.39 is 5.97 Å². The van der Waals surface area contributed by atoms with Crippen LogP contribution >= 0.6 is 0 Å². The van der Waals surface area contributed by atoms with Crippen LogP contribution in [0.1, 0.15) is 42.5 Å². The molecule has 3 rings (SSSR count). The van der Waals surface area contributed by atoms with Gasteiger partial charge >= 0.3 is 5.97 Å². The van der Waals surface area contributed by atoms with E-state index in [1.165, 1.54) is 26.0 Å². The molecule has 0 saturated carbocycles. The van der Waals surface area contributed by atoms with Gasteiger partial charge in [-0.25, -0.2) is 4.79 Å². The molecule has 2 unspecified atom stereocenters. The summed E-state index contributed by atoms with van der Waals surface area (Å²) in [6.45, 7) is 0. The number of nitrogens with zero attached hydrogens (tertiary/aromatic N) is 1. The van der Waals surface area contributed by atoms with Crippen molar-refractivity contribution < 1.29 is 19.4 Å². The van der Waals surface area contributed by atoms with E-state index in [-0.39, 0.29) is 11.3 Å². The lowest BCUT2D eigenvalue weighted by Crippen LogP contribution is -2.51. The number of benzene rings is 1. The normalized spacial score (nSPS) is 28.4. The molecule has 1 N–H and O–H groups in total. The standard InChI is InChI=1S/C16H21NO4/c1-17-12-4-3-8-16(17,9-7-12)21-13-6-5-11(15(18)19)10-14(13)20-2/h5-6,10,12H,3-4,7-9H2,1-2H3,(H,18,19). The number of hydrogen-bond acceptors (Lipinski definition) is 4. The van der Waals surface area contributed by atoms with Crippen molar-refractivity contribution in [2.75, 3.05) is 14.2 Å². The third-order valence-electron chi connectivity index (χ3n) is 4.87. The molecule has 21 heavy (non-hydrogen) atoms. The van der Waals surface area contributed by atoms with E-state index in [4.69, 9.17) is 14.6 Å². The maximum absolute atomic E-state index is 11.0. The minimum Gasteiger partial charge on any atom is -0.493 e. The van der Waals surface area contributed by atoms with Gasteiger partial charge in [-0.2, -0.15) is 0 Å². The molecule has 114 valence electrons. The van der Waals surface area contributed by atoms with E-state index in [2.05, 4.69) is 11.9 Å². The molecule has 2 aliphatic rings. The van der Waals surface area contributed by atoms with Gasteiger partial charge in [0.05, 0.1) is 12.7 Å². The molecule has 1 aromatic carbocycles. The Morgan fingerprint density at radius 2 is 2.14 bits per heavy atom. The van der Waals surface area contributed by atoms with Crippen LogP contribution in [0, 0.1) is 0 Å². The Labute approximate surface area is 124 Å². The van der Waals surface area contributed by atoms with E-state index in [0.717, 1.165) is 19.3 Å². The number of carboxylic acid groups (broad SMARTS) is 1. The lowest BCUT2D eigenvalue weighted by atomic mass is 10.0. The lowest BCUT2D eigenvalue weighted by Gasteiger charge is -2.42. The number of rotatable bonds is 4. The highest BCUT2D eigenvalue weighted by Gasteiger charge is 2.49. The quantitative estimate of drug-likeness (QED) is 0.924. The average molecular weight is 291 g/mol. The molecule has 2 saturated heterocycles. The van der Waals surface area contributed by atoms with Crippen molar-refractivity contribution in [1.29, 1.82) is 0 Å². The zero-order valence-electron chi connectivity index (χ0n) is 12.5. The first-order valence-corrected chi connectivity index (χ1v) is 7.39. The fraction of sp³-hybridized carbons (Fsp3) is 0.562. The van der Waals surface area contributed by atoms with Gasteiger partial charge in [0.1, 0.15) is 0 Å². The van der Waals surface area contributed by atoms with Gasteiger partial charge in [-0.15, -0.1) is 0 Å². The highest BCUT2D eigenvalue weighted by molar-refractivity contribution is 5.88. The summed E-state index contributed by atoms with van der Waals surface area (Å²) in [5.41, 5.74) is -0.0565. The average Bonchev–Trinajstić information content (AvgIpc) is 2.66. The van der Waals surface area contributed by atoms with Crippen LogP contribution in [0.3, 0.4) is 0 Å². The van der Waals surface area contributed by atoms with E-state index in [0.29, 0.717) is 17.5 Å². The summed E-state index contributed by atoms with van der Waals surface area (Å²) in [6.07, 6.45) is 5.58. The van der Waals surface area contributed by atoms with Crippen molar-refractivity contribution >= 4 is 5.97 Å². The SMILES string of the molecule is COc1cc(C(=O)O)ccc1OC12CCCC(CC1)N2C. The molecule has 2 bridgehead atoms. The van der Waals surface area contributed by atoms with Crippen LogP contribution in [0.2, 0.25) is 0 Å². The summed E-state index contributed by atoms with van der Waals surface area (Å²) in [7, 11) is 3.66. The van der Waals surface area contributed by atoms with Gasteiger partial charge < -0.3 is 14.6 Å². The highest BCUT2D eigenvalue weighted by Crippen LogP contribution is 2.45. The summed E-state index contributed by atoms with van der Waals surface area (Å²) < 4.78 is 11.6. The number of fused-ring (bicyclic) bond motifs is 2. The van der Waals surface area contributed by atoms with Crippen molar-refractivity contribution in [2.24, 2.45) is 0 Å². The van der Waals surface area contributed by atoms with E-state index >= 15 is 0 Å². The predicted molar refractivity (Wildman–Crippen MR) is 77.9 cm³/mol. The van der Waals surface area contributed by atoms with Crippen molar-refractivity contribution in [2.45, 2.75) is 43.9 Å². The van der Waals surface area contributed by atoms with Gasteiger partial charge in [-0.3, -0.25) is 4.90 Å². The Morgan fingerprint density at radius 3 is 2.86 bits per heavy atom. The Morgan fingerprint density at radius 1 is 1.33 bits per heavy atom.